The average Bonchev–Trinajstić information content (AvgIpc) is 3.39. The highest BCUT2D eigenvalue weighted by Gasteiger charge is 2.28. The summed E-state index contributed by atoms with van der Waals surface area (Å²) in [6.07, 6.45) is 2.25. The predicted octanol–water partition coefficient (Wildman–Crippen LogP) is 4.11. The monoisotopic (exact) mass is 462 g/mol. The van der Waals surface area contributed by atoms with Crippen molar-refractivity contribution in [3.63, 3.8) is 0 Å². The van der Waals surface area contributed by atoms with Gasteiger partial charge in [0.15, 0.2) is 5.13 Å². The maximum Gasteiger partial charge on any atom is 0.257 e. The Labute approximate surface area is 192 Å². The second-order valence-corrected chi connectivity index (χ2v) is 8.48. The summed E-state index contributed by atoms with van der Waals surface area (Å²) in [4.78, 5) is 29.1. The van der Waals surface area contributed by atoms with Crippen LogP contribution in [0.4, 0.5) is 21.0 Å². The molecule has 4 aromatic rings. The largest absolute Gasteiger partial charge is 0.365 e. The molecule has 1 aliphatic rings. The van der Waals surface area contributed by atoms with Crippen LogP contribution in [0.1, 0.15) is 31.8 Å². The summed E-state index contributed by atoms with van der Waals surface area (Å²) in [6, 6.07) is 10.7. The summed E-state index contributed by atoms with van der Waals surface area (Å²) in [5.74, 6) is -1.41. The molecule has 166 valence electrons. The van der Waals surface area contributed by atoms with Crippen molar-refractivity contribution in [1.29, 1.82) is 0 Å². The van der Waals surface area contributed by atoms with Gasteiger partial charge in [-0.1, -0.05) is 18.2 Å². The number of carbonyl (C=O) groups is 2. The van der Waals surface area contributed by atoms with Crippen LogP contribution in [-0.4, -0.2) is 26.6 Å². The Kier molecular flexibility index (Phi) is 5.14. The van der Waals surface area contributed by atoms with E-state index in [1.807, 2.05) is 24.3 Å². The number of nitrogens with zero attached hydrogens (tertiary/aromatic N) is 3. The van der Waals surface area contributed by atoms with Gasteiger partial charge >= 0.3 is 0 Å². The van der Waals surface area contributed by atoms with Gasteiger partial charge in [-0.15, -0.1) is 11.3 Å². The first kappa shape index (κ1) is 20.8. The molecular formula is C23H19FN6O2S. The van der Waals surface area contributed by atoms with Gasteiger partial charge in [-0.25, -0.2) is 14.1 Å². The minimum Gasteiger partial charge on any atom is -0.365 e. The van der Waals surface area contributed by atoms with E-state index in [1.54, 1.807) is 16.3 Å². The summed E-state index contributed by atoms with van der Waals surface area (Å²) in [7, 11) is 0. The van der Waals surface area contributed by atoms with Crippen molar-refractivity contribution in [2.45, 2.75) is 19.9 Å². The number of para-hydroxylation sites is 1. The number of thiazole rings is 1. The molecule has 0 saturated carbocycles. The van der Waals surface area contributed by atoms with Crippen LogP contribution in [0.3, 0.4) is 0 Å². The lowest BCUT2D eigenvalue weighted by Gasteiger charge is -2.11. The zero-order valence-corrected chi connectivity index (χ0v) is 18.4. The highest BCUT2D eigenvalue weighted by molar-refractivity contribution is 7.13. The average molecular weight is 463 g/mol. The van der Waals surface area contributed by atoms with E-state index in [9.17, 15) is 9.59 Å². The van der Waals surface area contributed by atoms with Crippen LogP contribution in [-0.2, 0) is 13.0 Å². The fraction of sp³-hybridized carbons (Fsp3) is 0.130. The van der Waals surface area contributed by atoms with E-state index in [4.69, 9.17) is 5.73 Å². The number of hydrogen-bond acceptors (Lipinski definition) is 6. The molecule has 0 fully saturated rings. The fourth-order valence-electron chi connectivity index (χ4n) is 3.95. The molecule has 2 amide bonds. The quantitative estimate of drug-likeness (QED) is 0.422. The Morgan fingerprint density at radius 3 is 2.82 bits per heavy atom. The maximum absolute atomic E-state index is 15.5. The minimum absolute atomic E-state index is 0.0998. The summed E-state index contributed by atoms with van der Waals surface area (Å²) >= 11 is 1.27. The number of amides is 2. The molecule has 0 unspecified atom stereocenters. The number of aromatic nitrogens is 3. The molecule has 0 saturated heterocycles. The first-order valence-corrected chi connectivity index (χ1v) is 11.1. The van der Waals surface area contributed by atoms with Crippen LogP contribution in [0.5, 0.6) is 0 Å². The summed E-state index contributed by atoms with van der Waals surface area (Å²) in [6.45, 7) is 2.00. The van der Waals surface area contributed by atoms with E-state index < -0.39 is 17.6 Å². The Hall–Kier alpha value is -4.05. The van der Waals surface area contributed by atoms with Crippen LogP contribution >= 0.6 is 11.3 Å². The number of hydrogen-bond donors (Lipinski definition) is 3. The molecule has 2 aromatic heterocycles. The highest BCUT2D eigenvalue weighted by atomic mass is 32.1. The van der Waals surface area contributed by atoms with Gasteiger partial charge in [0, 0.05) is 34.9 Å². The number of nitrogens with one attached hydrogen (secondary N) is 2. The van der Waals surface area contributed by atoms with Gasteiger partial charge in [0.05, 0.1) is 0 Å². The lowest BCUT2D eigenvalue weighted by atomic mass is 9.99. The van der Waals surface area contributed by atoms with Crippen molar-refractivity contribution in [3.05, 3.63) is 76.0 Å². The molecule has 0 aliphatic carbocycles. The maximum atomic E-state index is 15.5. The molecule has 5 rings (SSSR count). The van der Waals surface area contributed by atoms with Gasteiger partial charge in [-0.2, -0.15) is 5.10 Å². The topological polar surface area (TPSA) is 115 Å². The van der Waals surface area contributed by atoms with Gasteiger partial charge in [-0.05, 0) is 42.7 Å². The zero-order valence-electron chi connectivity index (χ0n) is 17.6. The molecule has 10 heteroatoms. The predicted molar refractivity (Wildman–Crippen MR) is 124 cm³/mol. The summed E-state index contributed by atoms with van der Waals surface area (Å²) < 4.78 is 17.1. The first-order valence-electron chi connectivity index (χ1n) is 10.2. The van der Waals surface area contributed by atoms with E-state index in [-0.39, 0.29) is 27.9 Å². The molecule has 4 N–H and O–H groups in total. The van der Waals surface area contributed by atoms with Gasteiger partial charge in [0.1, 0.15) is 22.9 Å². The Bertz CT molecular complexity index is 1400. The molecule has 0 radical (unpaired) electrons. The van der Waals surface area contributed by atoms with Crippen molar-refractivity contribution in [1.82, 2.24) is 14.8 Å². The highest BCUT2D eigenvalue weighted by Crippen LogP contribution is 2.36. The molecule has 33 heavy (non-hydrogen) atoms. The summed E-state index contributed by atoms with van der Waals surface area (Å²) in [5, 5.41) is 12.6. The fourth-order valence-corrected chi connectivity index (χ4v) is 4.47. The van der Waals surface area contributed by atoms with Crippen LogP contribution < -0.4 is 16.4 Å². The van der Waals surface area contributed by atoms with Crippen LogP contribution in [0.15, 0.2) is 48.0 Å². The lowest BCUT2D eigenvalue weighted by Crippen LogP contribution is -2.15. The second-order valence-electron chi connectivity index (χ2n) is 7.58. The van der Waals surface area contributed by atoms with E-state index in [2.05, 4.69) is 20.7 Å². The molecule has 8 nitrogen and oxygen atoms in total. The molecular weight excluding hydrogens is 443 g/mol. The third-order valence-electron chi connectivity index (χ3n) is 5.60. The normalized spacial score (nSPS) is 12.3. The van der Waals surface area contributed by atoms with E-state index in [0.717, 1.165) is 11.3 Å². The second kappa shape index (κ2) is 8.14. The van der Waals surface area contributed by atoms with Gasteiger partial charge in [-0.3, -0.25) is 14.9 Å². The van der Waals surface area contributed by atoms with E-state index in [0.29, 0.717) is 23.9 Å². The van der Waals surface area contributed by atoms with Crippen molar-refractivity contribution >= 4 is 39.8 Å². The Morgan fingerprint density at radius 2 is 2.06 bits per heavy atom. The molecule has 3 heterocycles. The third-order valence-corrected chi connectivity index (χ3v) is 6.29. The number of aryl methyl sites for hydroxylation is 2. The standard InChI is InChI=1S/C23H19FN6O2S/c1-12-14(22(32)28-23-26-9-11-33-23)6-7-15(18(12)24)19-17(20(25)31)21-27-16-5-3-2-4-13(16)8-10-30(21)29-19/h2-7,9,11,27H,8,10H2,1H3,(H2,25,31)(H,26,28,32). The van der Waals surface area contributed by atoms with Gasteiger partial charge in [0.2, 0.25) is 0 Å². The number of primary amides is 1. The van der Waals surface area contributed by atoms with Crippen LogP contribution in [0.25, 0.3) is 11.3 Å². The van der Waals surface area contributed by atoms with Crippen molar-refractivity contribution in [2.24, 2.45) is 5.73 Å². The number of fused-ring (bicyclic) bond motifs is 2. The smallest absolute Gasteiger partial charge is 0.257 e. The number of halogens is 1. The lowest BCUT2D eigenvalue weighted by molar-refractivity contribution is 0.0998. The van der Waals surface area contributed by atoms with Crippen LogP contribution in [0.2, 0.25) is 0 Å². The van der Waals surface area contributed by atoms with E-state index in [1.165, 1.54) is 30.4 Å². The van der Waals surface area contributed by atoms with Crippen molar-refractivity contribution < 1.29 is 14.0 Å². The number of carbonyl (C=O) groups excluding carboxylic acids is 2. The van der Waals surface area contributed by atoms with Gasteiger partial charge < -0.3 is 11.1 Å². The van der Waals surface area contributed by atoms with Crippen molar-refractivity contribution in [2.75, 3.05) is 10.6 Å². The molecule has 2 aromatic carbocycles. The number of benzene rings is 2. The molecule has 1 aliphatic heterocycles. The summed E-state index contributed by atoms with van der Waals surface area (Å²) in [5.41, 5.74) is 8.28. The number of rotatable bonds is 4. The SMILES string of the molecule is Cc1c(C(=O)Nc2nccs2)ccc(-c2nn3c(c2C(N)=O)Nc2ccccc2CC3)c1F. The van der Waals surface area contributed by atoms with Crippen LogP contribution in [0, 0.1) is 12.7 Å². The Morgan fingerprint density at radius 1 is 1.24 bits per heavy atom. The zero-order chi connectivity index (χ0) is 23.1. The van der Waals surface area contributed by atoms with Gasteiger partial charge in [0.25, 0.3) is 11.8 Å². The minimum atomic E-state index is -0.722. The third kappa shape index (κ3) is 3.64. The van der Waals surface area contributed by atoms with E-state index >= 15 is 4.39 Å². The Balaban J connectivity index is 1.57. The molecule has 0 spiro atoms. The number of nitrogens with two attached hydrogens (primary N) is 1. The molecule has 0 bridgehead atoms. The first-order chi connectivity index (χ1) is 15.9. The molecule has 0 atom stereocenters. The van der Waals surface area contributed by atoms with Crippen molar-refractivity contribution in [3.8, 4) is 11.3 Å². The number of anilines is 3.